The molecule has 0 bridgehead atoms. The van der Waals surface area contributed by atoms with Crippen molar-refractivity contribution in [3.63, 3.8) is 0 Å². The van der Waals surface area contributed by atoms with Gasteiger partial charge in [-0.15, -0.1) is 5.10 Å². The van der Waals surface area contributed by atoms with Gasteiger partial charge in [-0.3, -0.25) is 4.79 Å². The van der Waals surface area contributed by atoms with Gasteiger partial charge in [-0.1, -0.05) is 57.2 Å². The number of ether oxygens (including phenoxy) is 1. The summed E-state index contributed by atoms with van der Waals surface area (Å²) in [5.41, 5.74) is 1.78. The van der Waals surface area contributed by atoms with Crippen LogP contribution in [0.15, 0.2) is 48.5 Å². The Morgan fingerprint density at radius 1 is 1.07 bits per heavy atom. The Morgan fingerprint density at radius 3 is 2.29 bits per heavy atom. The summed E-state index contributed by atoms with van der Waals surface area (Å²) in [6.07, 6.45) is -0.157. The van der Waals surface area contributed by atoms with Crippen molar-refractivity contribution in [1.29, 1.82) is 0 Å². The van der Waals surface area contributed by atoms with Gasteiger partial charge in [-0.2, -0.15) is 9.67 Å². The lowest BCUT2D eigenvalue weighted by Gasteiger charge is -2.19. The van der Waals surface area contributed by atoms with E-state index in [1.54, 1.807) is 6.07 Å². The molecule has 146 valence electrons. The van der Waals surface area contributed by atoms with Crippen molar-refractivity contribution >= 4 is 5.91 Å². The van der Waals surface area contributed by atoms with E-state index in [-0.39, 0.29) is 23.1 Å². The molecule has 0 saturated heterocycles. The first-order valence-corrected chi connectivity index (χ1v) is 9.20. The summed E-state index contributed by atoms with van der Waals surface area (Å²) < 4.78 is 20.8. The molecule has 0 atom stereocenters. The molecule has 0 unspecified atom stereocenters. The number of carbonyl (C=O) groups is 1. The third-order valence-corrected chi connectivity index (χ3v) is 4.23. The summed E-state index contributed by atoms with van der Waals surface area (Å²) in [6, 6.07) is 13.6. The van der Waals surface area contributed by atoms with E-state index in [0.29, 0.717) is 11.4 Å². The van der Waals surface area contributed by atoms with E-state index >= 15 is 0 Å². The fourth-order valence-electron chi connectivity index (χ4n) is 2.75. The van der Waals surface area contributed by atoms with E-state index in [4.69, 9.17) is 4.74 Å². The summed E-state index contributed by atoms with van der Waals surface area (Å²) in [4.78, 5) is 17.3. The Bertz CT molecular complexity index is 986. The lowest BCUT2D eigenvalue weighted by molar-refractivity contribution is 0.0939. The Morgan fingerprint density at radius 2 is 1.71 bits per heavy atom. The number of hydrogen-bond acceptors (Lipinski definition) is 4. The Hall–Kier alpha value is -3.02. The smallest absolute Gasteiger partial charge is 0.336 e. The van der Waals surface area contributed by atoms with Crippen LogP contribution in [-0.4, -0.2) is 26.8 Å². The monoisotopic (exact) mass is 381 g/mol. The highest BCUT2D eigenvalue weighted by atomic mass is 19.1. The fraction of sp³-hybridized carbons (Fsp3) is 0.318. The van der Waals surface area contributed by atoms with Crippen LogP contribution in [0.25, 0.3) is 11.4 Å². The Kier molecular flexibility index (Phi) is 5.31. The molecule has 0 N–H and O–H groups in total. The zero-order valence-electron chi connectivity index (χ0n) is 16.7. The van der Waals surface area contributed by atoms with Gasteiger partial charge in [-0.05, 0) is 37.0 Å². The van der Waals surface area contributed by atoms with Gasteiger partial charge in [0.25, 0.3) is 5.91 Å². The molecule has 0 aliphatic rings. The summed E-state index contributed by atoms with van der Waals surface area (Å²) in [7, 11) is 0. The second-order valence-electron chi connectivity index (χ2n) is 7.91. The number of halogens is 1. The molecule has 6 heteroatoms. The van der Waals surface area contributed by atoms with Gasteiger partial charge in [0.05, 0.1) is 11.7 Å². The number of rotatable bonds is 4. The minimum atomic E-state index is -0.608. The van der Waals surface area contributed by atoms with Crippen LogP contribution in [0.1, 0.15) is 50.5 Å². The minimum absolute atomic E-state index is 0.00109. The molecule has 1 heterocycles. The van der Waals surface area contributed by atoms with Crippen LogP contribution in [0.5, 0.6) is 6.01 Å². The molecular weight excluding hydrogens is 357 g/mol. The zero-order chi connectivity index (χ0) is 20.5. The van der Waals surface area contributed by atoms with Crippen molar-refractivity contribution in [3.05, 3.63) is 65.5 Å². The van der Waals surface area contributed by atoms with Gasteiger partial charge >= 0.3 is 6.01 Å². The normalized spacial score (nSPS) is 11.7. The zero-order valence-corrected chi connectivity index (χ0v) is 16.7. The molecule has 1 aromatic heterocycles. The molecule has 5 nitrogen and oxygen atoms in total. The second kappa shape index (κ2) is 7.54. The predicted molar refractivity (Wildman–Crippen MR) is 106 cm³/mol. The van der Waals surface area contributed by atoms with Crippen LogP contribution in [-0.2, 0) is 5.41 Å². The largest absolute Gasteiger partial charge is 0.460 e. The SMILES string of the molecule is CC(C)Oc1nc(-c2ccc(C(C)(C)C)cc2)n(C(=O)c2ccccc2F)n1. The second-order valence-corrected chi connectivity index (χ2v) is 7.91. The molecule has 0 radical (unpaired) electrons. The fourth-order valence-corrected chi connectivity index (χ4v) is 2.75. The van der Waals surface area contributed by atoms with Gasteiger partial charge in [0.1, 0.15) is 5.82 Å². The van der Waals surface area contributed by atoms with Crippen LogP contribution in [0, 0.1) is 5.82 Å². The third kappa shape index (κ3) is 4.11. The first-order valence-electron chi connectivity index (χ1n) is 9.20. The lowest BCUT2D eigenvalue weighted by Crippen LogP contribution is -2.17. The Balaban J connectivity index is 2.08. The maximum atomic E-state index is 14.1. The summed E-state index contributed by atoms with van der Waals surface area (Å²) in [5.74, 6) is -0.896. The van der Waals surface area contributed by atoms with E-state index < -0.39 is 11.7 Å². The molecule has 0 fully saturated rings. The van der Waals surface area contributed by atoms with Crippen molar-refractivity contribution in [3.8, 4) is 17.4 Å². The predicted octanol–water partition coefficient (Wildman–Crippen LogP) is 4.86. The van der Waals surface area contributed by atoms with Crippen LogP contribution in [0.4, 0.5) is 4.39 Å². The van der Waals surface area contributed by atoms with Crippen molar-refractivity contribution in [2.75, 3.05) is 0 Å². The van der Waals surface area contributed by atoms with Crippen LogP contribution in [0.3, 0.4) is 0 Å². The van der Waals surface area contributed by atoms with E-state index in [1.807, 2.05) is 38.1 Å². The average Bonchev–Trinajstić information content (AvgIpc) is 3.04. The van der Waals surface area contributed by atoms with E-state index in [9.17, 15) is 9.18 Å². The van der Waals surface area contributed by atoms with Crippen molar-refractivity contribution in [2.45, 2.75) is 46.1 Å². The van der Waals surface area contributed by atoms with Crippen molar-refractivity contribution in [1.82, 2.24) is 14.8 Å². The van der Waals surface area contributed by atoms with E-state index in [2.05, 4.69) is 30.9 Å². The number of carbonyl (C=O) groups excluding carboxylic acids is 1. The topological polar surface area (TPSA) is 57.0 Å². The quantitative estimate of drug-likeness (QED) is 0.648. The maximum absolute atomic E-state index is 14.1. The number of nitrogens with zero attached hydrogens (tertiary/aromatic N) is 3. The Labute approximate surface area is 164 Å². The molecule has 2 aromatic carbocycles. The van der Waals surface area contributed by atoms with Gasteiger partial charge in [-0.25, -0.2) is 4.39 Å². The van der Waals surface area contributed by atoms with Gasteiger partial charge < -0.3 is 4.74 Å². The van der Waals surface area contributed by atoms with Crippen molar-refractivity contribution in [2.24, 2.45) is 0 Å². The van der Waals surface area contributed by atoms with E-state index in [0.717, 1.165) is 10.2 Å². The van der Waals surface area contributed by atoms with Gasteiger partial charge in [0.15, 0.2) is 5.82 Å². The summed E-state index contributed by atoms with van der Waals surface area (Å²) >= 11 is 0. The molecule has 28 heavy (non-hydrogen) atoms. The number of aromatic nitrogens is 3. The summed E-state index contributed by atoms with van der Waals surface area (Å²) in [5, 5.41) is 4.18. The lowest BCUT2D eigenvalue weighted by atomic mass is 9.87. The minimum Gasteiger partial charge on any atom is -0.460 e. The van der Waals surface area contributed by atoms with Crippen LogP contribution in [0.2, 0.25) is 0 Å². The van der Waals surface area contributed by atoms with Gasteiger partial charge in [0.2, 0.25) is 0 Å². The third-order valence-electron chi connectivity index (χ3n) is 4.23. The van der Waals surface area contributed by atoms with Crippen molar-refractivity contribution < 1.29 is 13.9 Å². The van der Waals surface area contributed by atoms with E-state index in [1.165, 1.54) is 18.2 Å². The molecule has 3 aromatic rings. The average molecular weight is 381 g/mol. The molecule has 0 spiro atoms. The molecular formula is C22H24FN3O2. The van der Waals surface area contributed by atoms with Crippen LogP contribution < -0.4 is 4.74 Å². The number of benzene rings is 2. The molecule has 0 aliphatic heterocycles. The first kappa shape index (κ1) is 19.7. The highest BCUT2D eigenvalue weighted by Crippen LogP contribution is 2.27. The maximum Gasteiger partial charge on any atom is 0.336 e. The first-order chi connectivity index (χ1) is 13.2. The number of hydrogen-bond donors (Lipinski definition) is 0. The van der Waals surface area contributed by atoms with Crippen LogP contribution >= 0.6 is 0 Å². The molecule has 0 amide bonds. The van der Waals surface area contributed by atoms with Gasteiger partial charge in [0, 0.05) is 5.56 Å². The molecule has 0 saturated carbocycles. The molecule has 3 rings (SSSR count). The summed E-state index contributed by atoms with van der Waals surface area (Å²) in [6.45, 7) is 10.1. The highest BCUT2D eigenvalue weighted by Gasteiger charge is 2.23. The highest BCUT2D eigenvalue weighted by molar-refractivity contribution is 5.97. The standard InChI is InChI=1S/C22H24FN3O2/c1-14(2)28-21-24-19(15-10-12-16(13-11-15)22(3,4)5)26(25-21)20(27)17-8-6-7-9-18(17)23/h6-14H,1-5H3. The molecule has 0 aliphatic carbocycles.